The fraction of sp³-hybridized carbons (Fsp3) is 0.462. The minimum atomic E-state index is -0.117. The Morgan fingerprint density at radius 1 is 1.12 bits per heavy atom. The van der Waals surface area contributed by atoms with Crippen LogP contribution >= 0.6 is 0 Å². The van der Waals surface area contributed by atoms with Crippen LogP contribution in [-0.4, -0.2) is 37.6 Å². The third-order valence-corrected chi connectivity index (χ3v) is 3.04. The first-order valence-corrected chi connectivity index (χ1v) is 5.82. The molecule has 16 heavy (non-hydrogen) atoms. The molecule has 0 bridgehead atoms. The van der Waals surface area contributed by atoms with Gasteiger partial charge in [-0.15, -0.1) is 0 Å². The van der Waals surface area contributed by atoms with Crippen molar-refractivity contribution in [1.82, 2.24) is 4.90 Å². The molecule has 0 N–H and O–H groups in total. The average Bonchev–Trinajstić information content (AvgIpc) is 2.31. The number of rotatable bonds is 3. The fourth-order valence-electron chi connectivity index (χ4n) is 2.14. The van der Waals surface area contributed by atoms with E-state index in [9.17, 15) is 4.39 Å². The summed E-state index contributed by atoms with van der Waals surface area (Å²) < 4.78 is 13.6. The van der Waals surface area contributed by atoms with Crippen LogP contribution in [0, 0.1) is 12.7 Å². The summed E-state index contributed by atoms with van der Waals surface area (Å²) in [6.45, 7) is 8.72. The smallest absolute Gasteiger partial charge is 0.146 e. The lowest BCUT2D eigenvalue weighted by Gasteiger charge is -2.36. The lowest BCUT2D eigenvalue weighted by molar-refractivity contribution is 0.261. The van der Waals surface area contributed by atoms with Crippen LogP contribution < -0.4 is 4.90 Å². The molecule has 0 aromatic heterocycles. The third-order valence-electron chi connectivity index (χ3n) is 3.04. The quantitative estimate of drug-likeness (QED) is 0.772. The molecule has 1 aromatic rings. The van der Waals surface area contributed by atoms with Crippen molar-refractivity contribution in [3.05, 3.63) is 37.0 Å². The van der Waals surface area contributed by atoms with Gasteiger partial charge >= 0.3 is 0 Å². The van der Waals surface area contributed by atoms with Crippen molar-refractivity contribution >= 4 is 5.69 Å². The van der Waals surface area contributed by atoms with Crippen LogP contribution in [0.2, 0.25) is 0 Å². The van der Waals surface area contributed by atoms with Crippen molar-refractivity contribution in [1.29, 1.82) is 0 Å². The van der Waals surface area contributed by atoms with Crippen LogP contribution in [0.1, 0.15) is 6.42 Å². The van der Waals surface area contributed by atoms with E-state index in [-0.39, 0.29) is 5.82 Å². The van der Waals surface area contributed by atoms with E-state index in [1.807, 2.05) is 12.1 Å². The summed E-state index contributed by atoms with van der Waals surface area (Å²) in [6.07, 6.45) is 0.944. The molecule has 1 saturated heterocycles. The molecule has 0 aliphatic carbocycles. The monoisotopic (exact) mass is 221 g/mol. The number of para-hydroxylation sites is 1. The SMILES string of the molecule is [CH2]CCN1CCN(c2ccccc2F)CC1. The van der Waals surface area contributed by atoms with Crippen LogP contribution in [0.15, 0.2) is 24.3 Å². The lowest BCUT2D eigenvalue weighted by Crippen LogP contribution is -2.46. The molecule has 3 heteroatoms. The molecule has 0 saturated carbocycles. The predicted octanol–water partition coefficient (Wildman–Crippen LogP) is 2.17. The minimum Gasteiger partial charge on any atom is -0.367 e. The summed E-state index contributed by atoms with van der Waals surface area (Å²) in [5.74, 6) is -0.117. The van der Waals surface area contributed by atoms with E-state index < -0.39 is 0 Å². The first-order chi connectivity index (χ1) is 7.81. The van der Waals surface area contributed by atoms with Gasteiger partial charge in [0.15, 0.2) is 0 Å². The molecule has 0 amide bonds. The maximum absolute atomic E-state index is 13.6. The number of halogens is 1. The highest BCUT2D eigenvalue weighted by atomic mass is 19.1. The average molecular weight is 221 g/mol. The second-order valence-electron chi connectivity index (χ2n) is 4.13. The molecule has 1 heterocycles. The van der Waals surface area contributed by atoms with E-state index in [0.717, 1.165) is 44.8 Å². The normalized spacial score (nSPS) is 17.8. The Morgan fingerprint density at radius 2 is 1.81 bits per heavy atom. The van der Waals surface area contributed by atoms with Gasteiger partial charge in [-0.25, -0.2) is 4.39 Å². The van der Waals surface area contributed by atoms with E-state index in [1.165, 1.54) is 6.07 Å². The number of hydrogen-bond donors (Lipinski definition) is 0. The van der Waals surface area contributed by atoms with Crippen molar-refractivity contribution in [3.63, 3.8) is 0 Å². The molecular weight excluding hydrogens is 203 g/mol. The van der Waals surface area contributed by atoms with Gasteiger partial charge in [0.1, 0.15) is 5.82 Å². The number of benzene rings is 1. The second kappa shape index (κ2) is 5.30. The molecule has 1 aliphatic rings. The van der Waals surface area contributed by atoms with Gasteiger partial charge in [0, 0.05) is 26.2 Å². The first kappa shape index (κ1) is 11.4. The molecule has 1 radical (unpaired) electrons. The van der Waals surface area contributed by atoms with Crippen LogP contribution in [0.5, 0.6) is 0 Å². The Bertz CT molecular complexity index is 332. The molecular formula is C13H18FN2. The third kappa shape index (κ3) is 2.53. The summed E-state index contributed by atoms with van der Waals surface area (Å²) in [5.41, 5.74) is 0.733. The largest absolute Gasteiger partial charge is 0.367 e. The van der Waals surface area contributed by atoms with Crippen molar-refractivity contribution in [2.45, 2.75) is 6.42 Å². The zero-order valence-electron chi connectivity index (χ0n) is 9.53. The molecule has 1 aliphatic heterocycles. The van der Waals surface area contributed by atoms with Crippen LogP contribution in [0.4, 0.5) is 10.1 Å². The minimum absolute atomic E-state index is 0.117. The Hall–Kier alpha value is -1.09. The summed E-state index contributed by atoms with van der Waals surface area (Å²) in [7, 11) is 0. The molecule has 1 fully saturated rings. The van der Waals surface area contributed by atoms with Crippen LogP contribution in [-0.2, 0) is 0 Å². The van der Waals surface area contributed by atoms with Crippen molar-refractivity contribution in [2.24, 2.45) is 0 Å². The molecule has 0 unspecified atom stereocenters. The van der Waals surface area contributed by atoms with Gasteiger partial charge in [-0.1, -0.05) is 19.1 Å². The van der Waals surface area contributed by atoms with Crippen molar-refractivity contribution in [2.75, 3.05) is 37.6 Å². The highest BCUT2D eigenvalue weighted by Gasteiger charge is 2.18. The second-order valence-corrected chi connectivity index (χ2v) is 4.13. The van der Waals surface area contributed by atoms with Gasteiger partial charge in [0.05, 0.1) is 5.69 Å². The Morgan fingerprint density at radius 3 is 2.44 bits per heavy atom. The summed E-state index contributed by atoms with van der Waals surface area (Å²) in [6, 6.07) is 7.00. The van der Waals surface area contributed by atoms with Gasteiger partial charge in [-0.3, -0.25) is 4.90 Å². The summed E-state index contributed by atoms with van der Waals surface area (Å²) in [4.78, 5) is 4.50. The zero-order valence-corrected chi connectivity index (χ0v) is 9.53. The number of nitrogens with zero attached hydrogens (tertiary/aromatic N) is 2. The molecule has 87 valence electrons. The highest BCUT2D eigenvalue weighted by Crippen LogP contribution is 2.19. The van der Waals surface area contributed by atoms with E-state index in [4.69, 9.17) is 0 Å². The Labute approximate surface area is 96.7 Å². The van der Waals surface area contributed by atoms with Crippen molar-refractivity contribution < 1.29 is 4.39 Å². The molecule has 0 atom stereocenters. The topological polar surface area (TPSA) is 6.48 Å². The van der Waals surface area contributed by atoms with Crippen LogP contribution in [0.3, 0.4) is 0 Å². The van der Waals surface area contributed by atoms with Gasteiger partial charge in [0.2, 0.25) is 0 Å². The first-order valence-electron chi connectivity index (χ1n) is 5.82. The predicted molar refractivity (Wildman–Crippen MR) is 65.0 cm³/mol. The number of piperazine rings is 1. The van der Waals surface area contributed by atoms with Crippen molar-refractivity contribution in [3.8, 4) is 0 Å². The lowest BCUT2D eigenvalue weighted by atomic mass is 10.2. The number of anilines is 1. The van der Waals surface area contributed by atoms with E-state index in [1.54, 1.807) is 6.07 Å². The maximum Gasteiger partial charge on any atom is 0.146 e. The fourth-order valence-corrected chi connectivity index (χ4v) is 2.14. The van der Waals surface area contributed by atoms with E-state index in [0.29, 0.717) is 0 Å². The van der Waals surface area contributed by atoms with Crippen LogP contribution in [0.25, 0.3) is 0 Å². The maximum atomic E-state index is 13.6. The van der Waals surface area contributed by atoms with Gasteiger partial charge in [0.25, 0.3) is 0 Å². The van der Waals surface area contributed by atoms with E-state index >= 15 is 0 Å². The zero-order chi connectivity index (χ0) is 11.4. The summed E-state index contributed by atoms with van der Waals surface area (Å²) >= 11 is 0. The molecule has 2 nitrogen and oxygen atoms in total. The van der Waals surface area contributed by atoms with Gasteiger partial charge < -0.3 is 4.90 Å². The standard InChI is InChI=1S/C13H18FN2/c1-2-7-15-8-10-16(11-9-15)13-6-4-3-5-12(13)14/h3-6H,1-2,7-11H2. The molecule has 0 spiro atoms. The highest BCUT2D eigenvalue weighted by molar-refractivity contribution is 5.47. The molecule has 2 rings (SSSR count). The van der Waals surface area contributed by atoms with Gasteiger partial charge in [-0.05, 0) is 25.1 Å². The Kier molecular flexibility index (Phi) is 3.78. The summed E-state index contributed by atoms with van der Waals surface area (Å²) in [5, 5.41) is 0. The van der Waals surface area contributed by atoms with E-state index in [2.05, 4.69) is 16.7 Å². The Balaban J connectivity index is 1.96. The molecule has 1 aromatic carbocycles. The van der Waals surface area contributed by atoms with Gasteiger partial charge in [-0.2, -0.15) is 0 Å². The number of hydrogen-bond acceptors (Lipinski definition) is 2.